The molecule has 0 amide bonds. The van der Waals surface area contributed by atoms with Gasteiger partial charge in [0.05, 0.1) is 6.61 Å². The molecule has 0 rings (SSSR count). The van der Waals surface area contributed by atoms with Gasteiger partial charge in [0.1, 0.15) is 0 Å². The number of nitrogens with two attached hydrogens (primary N) is 1. The molecule has 0 bridgehead atoms. The average Bonchev–Trinajstić information content (AvgIpc) is 2.29. The van der Waals surface area contributed by atoms with Gasteiger partial charge < -0.3 is 15.6 Å². The predicted molar refractivity (Wildman–Crippen MR) is 65.5 cm³/mol. The van der Waals surface area contributed by atoms with Crippen LogP contribution in [-0.2, 0) is 13.7 Å². The van der Waals surface area contributed by atoms with E-state index in [0.29, 0.717) is 19.7 Å². The van der Waals surface area contributed by atoms with E-state index in [1.54, 1.807) is 0 Å². The van der Waals surface area contributed by atoms with Gasteiger partial charge in [-0.1, -0.05) is 19.8 Å². The van der Waals surface area contributed by atoms with Crippen molar-refractivity contribution in [3.8, 4) is 0 Å². The molecule has 1 atom stereocenters. The van der Waals surface area contributed by atoms with Crippen LogP contribution in [0.25, 0.3) is 0 Å². The summed E-state index contributed by atoms with van der Waals surface area (Å²) in [5.74, 6) is 0. The molecule has 0 aromatic heterocycles. The number of hydroxylamine groups is 1. The summed E-state index contributed by atoms with van der Waals surface area (Å²) in [6.07, 6.45) is 3.14. The van der Waals surface area contributed by atoms with Crippen LogP contribution in [0.3, 0.4) is 0 Å². The molecule has 0 aromatic carbocycles. The zero-order valence-corrected chi connectivity index (χ0v) is 14.6. The Morgan fingerprint density at radius 3 is 2.65 bits per heavy atom. The molecule has 0 aromatic rings. The third kappa shape index (κ3) is 17.4. The van der Waals surface area contributed by atoms with Crippen molar-refractivity contribution < 1.29 is 55.5 Å². The fraction of sp³-hybridized carbons (Fsp3) is 1.00. The van der Waals surface area contributed by atoms with Crippen LogP contribution in [0, 0.1) is 41.7 Å². The molecule has 0 radical (unpaired) electrons. The summed E-state index contributed by atoms with van der Waals surface area (Å²) in [5.41, 5.74) is 7.88. The molecule has 0 saturated heterocycles. The number of hydrogen-bond acceptors (Lipinski definition) is 6. The minimum absolute atomic E-state index is 0. The van der Waals surface area contributed by atoms with Crippen molar-refractivity contribution in [2.24, 2.45) is 5.73 Å². The maximum absolute atomic E-state index is 11.1. The minimum atomic E-state index is -2.38. The van der Waals surface area contributed by atoms with E-state index in [0.717, 1.165) is 32.4 Å². The van der Waals surface area contributed by atoms with Gasteiger partial charge in [0.25, 0.3) is 0 Å². The molecular formula is C9H24CeN3O3P. The van der Waals surface area contributed by atoms with Gasteiger partial charge in [-0.05, 0) is 6.42 Å². The monoisotopic (exact) mass is 393 g/mol. The summed E-state index contributed by atoms with van der Waals surface area (Å²) in [6, 6.07) is 0. The Morgan fingerprint density at radius 1 is 1.24 bits per heavy atom. The van der Waals surface area contributed by atoms with Crippen molar-refractivity contribution in [2.45, 2.75) is 26.2 Å². The molecular weight excluding hydrogens is 369 g/mol. The van der Waals surface area contributed by atoms with Crippen LogP contribution in [-0.4, -0.2) is 32.8 Å². The Hall–Kier alpha value is 1.41. The summed E-state index contributed by atoms with van der Waals surface area (Å²) >= 11 is 0. The minimum Gasteiger partial charge on any atom is -0.329 e. The number of nitrogens with one attached hydrogen (secondary N) is 2. The van der Waals surface area contributed by atoms with Crippen LogP contribution >= 0.6 is 8.25 Å². The van der Waals surface area contributed by atoms with Gasteiger partial charge in [-0.2, -0.15) is 5.48 Å². The predicted octanol–water partition coefficient (Wildman–Crippen LogP) is 0.652. The van der Waals surface area contributed by atoms with Crippen LogP contribution < -0.4 is 16.5 Å². The third-order valence-corrected chi connectivity index (χ3v) is 2.60. The normalized spacial score (nSPS) is 12.1. The fourth-order valence-corrected chi connectivity index (χ4v) is 1.60. The molecule has 102 valence electrons. The molecule has 6 nitrogen and oxygen atoms in total. The Bertz CT molecular complexity index is 178. The van der Waals surface area contributed by atoms with Gasteiger partial charge in [0.15, 0.2) is 0 Å². The number of rotatable bonds is 12. The topological polar surface area (TPSA) is 85.6 Å². The molecule has 0 heterocycles. The second kappa shape index (κ2) is 17.4. The summed E-state index contributed by atoms with van der Waals surface area (Å²) in [6.45, 7) is 5.29. The van der Waals surface area contributed by atoms with Gasteiger partial charge in [-0.25, -0.2) is 4.62 Å². The van der Waals surface area contributed by atoms with E-state index in [9.17, 15) is 4.57 Å². The average molecular weight is 393 g/mol. The molecule has 0 aliphatic carbocycles. The zero-order chi connectivity index (χ0) is 12.1. The smallest absolute Gasteiger partial charge is 0.329 e. The standard InChI is InChI=1S/C9H24N3O3P.Ce/c1-2-3-4-9-14-16(13)15-12-8-7-11-6-5-10;/h11-12,16H,2-10H2,1H3;. The van der Waals surface area contributed by atoms with E-state index in [4.69, 9.17) is 14.9 Å². The van der Waals surface area contributed by atoms with Gasteiger partial charge >= 0.3 is 8.25 Å². The first kappa shape index (κ1) is 20.7. The van der Waals surface area contributed by atoms with Crippen LogP contribution in [0.5, 0.6) is 0 Å². The van der Waals surface area contributed by atoms with Crippen LogP contribution in [0.2, 0.25) is 0 Å². The van der Waals surface area contributed by atoms with Crippen LogP contribution in [0.4, 0.5) is 0 Å². The summed E-state index contributed by atoms with van der Waals surface area (Å²) in [7, 11) is -2.38. The Balaban J connectivity index is 0. The van der Waals surface area contributed by atoms with E-state index < -0.39 is 8.25 Å². The molecule has 0 saturated carbocycles. The number of hydrogen-bond donors (Lipinski definition) is 3. The van der Waals surface area contributed by atoms with Gasteiger partial charge in [0.2, 0.25) is 0 Å². The largest absolute Gasteiger partial charge is 0.335 e. The molecule has 4 N–H and O–H groups in total. The molecule has 17 heavy (non-hydrogen) atoms. The van der Waals surface area contributed by atoms with Crippen molar-refractivity contribution in [2.75, 3.05) is 32.8 Å². The van der Waals surface area contributed by atoms with Gasteiger partial charge in [0, 0.05) is 67.9 Å². The van der Waals surface area contributed by atoms with Crippen molar-refractivity contribution in [3.05, 3.63) is 0 Å². The maximum atomic E-state index is 11.1. The Kier molecular flexibility index (Phi) is 21.2. The Labute approximate surface area is 138 Å². The molecule has 8 heteroatoms. The SMILES string of the molecule is CCCCCO[PH](=O)ONCCNCCN.[Ce]. The molecule has 0 fully saturated rings. The van der Waals surface area contributed by atoms with E-state index >= 15 is 0 Å². The summed E-state index contributed by atoms with van der Waals surface area (Å²) in [4.78, 5) is 0. The fourth-order valence-electron chi connectivity index (χ4n) is 1.01. The third-order valence-electron chi connectivity index (χ3n) is 1.85. The molecule has 0 spiro atoms. The van der Waals surface area contributed by atoms with E-state index in [-0.39, 0.29) is 41.7 Å². The number of unbranched alkanes of at least 4 members (excludes halogenated alkanes) is 2. The van der Waals surface area contributed by atoms with Crippen molar-refractivity contribution in [1.29, 1.82) is 0 Å². The van der Waals surface area contributed by atoms with Crippen molar-refractivity contribution in [3.63, 3.8) is 0 Å². The van der Waals surface area contributed by atoms with Crippen LogP contribution in [0.1, 0.15) is 26.2 Å². The van der Waals surface area contributed by atoms with Crippen molar-refractivity contribution in [1.82, 2.24) is 10.8 Å². The zero-order valence-electron chi connectivity index (χ0n) is 10.5. The maximum Gasteiger partial charge on any atom is 0.335 e. The quantitative estimate of drug-likeness (QED) is 0.257. The molecule has 0 aliphatic heterocycles. The van der Waals surface area contributed by atoms with Gasteiger partial charge in [-0.15, -0.1) is 0 Å². The van der Waals surface area contributed by atoms with Crippen molar-refractivity contribution >= 4 is 8.25 Å². The molecule has 1 unspecified atom stereocenters. The summed E-state index contributed by atoms with van der Waals surface area (Å²) < 4.78 is 20.9. The first-order valence-electron chi connectivity index (χ1n) is 5.78. The second-order valence-electron chi connectivity index (χ2n) is 3.34. The van der Waals surface area contributed by atoms with E-state index in [1.807, 2.05) is 0 Å². The second-order valence-corrected chi connectivity index (χ2v) is 4.33. The molecule has 0 aliphatic rings. The van der Waals surface area contributed by atoms with Gasteiger partial charge in [-0.3, -0.25) is 4.57 Å². The first-order valence-corrected chi connectivity index (χ1v) is 7.01. The van der Waals surface area contributed by atoms with Crippen LogP contribution in [0.15, 0.2) is 0 Å². The van der Waals surface area contributed by atoms with E-state index in [1.165, 1.54) is 0 Å². The Morgan fingerprint density at radius 2 is 2.00 bits per heavy atom. The van der Waals surface area contributed by atoms with E-state index in [2.05, 4.69) is 17.7 Å². The first-order chi connectivity index (χ1) is 7.81. The summed E-state index contributed by atoms with van der Waals surface area (Å²) in [5, 5.41) is 3.07.